The number of thioether (sulfide) groups is 1. The minimum absolute atomic E-state index is 0.135. The van der Waals surface area contributed by atoms with Crippen molar-refractivity contribution in [1.29, 1.82) is 0 Å². The average molecular weight is 545 g/mol. The third-order valence-electron chi connectivity index (χ3n) is 5.66. The van der Waals surface area contributed by atoms with E-state index in [0.717, 1.165) is 36.5 Å². The van der Waals surface area contributed by atoms with E-state index in [9.17, 15) is 4.79 Å². The Labute approximate surface area is 237 Å². The maximum atomic E-state index is 11.9. The topological polar surface area (TPSA) is 44.8 Å². The molecular weight excluding hydrogens is 492 g/mol. The van der Waals surface area contributed by atoms with Gasteiger partial charge in [-0.25, -0.2) is 0 Å². The van der Waals surface area contributed by atoms with Gasteiger partial charge in [-0.15, -0.1) is 6.58 Å². The molecule has 38 heavy (non-hydrogen) atoms. The van der Waals surface area contributed by atoms with Gasteiger partial charge in [0.15, 0.2) is 0 Å². The summed E-state index contributed by atoms with van der Waals surface area (Å²) in [6.07, 6.45) is 5.61. The van der Waals surface area contributed by atoms with E-state index in [-0.39, 0.29) is 11.9 Å². The van der Waals surface area contributed by atoms with Crippen LogP contribution in [0.4, 0.5) is 0 Å². The zero-order chi connectivity index (χ0) is 28.5. The van der Waals surface area contributed by atoms with Gasteiger partial charge in [-0.3, -0.25) is 4.79 Å². The Kier molecular flexibility index (Phi) is 22.7. The maximum Gasteiger partial charge on any atom is 0.306 e. The van der Waals surface area contributed by atoms with E-state index in [1.54, 1.807) is 7.11 Å². The van der Waals surface area contributed by atoms with Crippen LogP contribution in [0.1, 0.15) is 71.4 Å². The van der Waals surface area contributed by atoms with Crippen molar-refractivity contribution in [2.24, 2.45) is 11.3 Å². The number of esters is 1. The molecule has 0 fully saturated rings. The van der Waals surface area contributed by atoms with Crippen LogP contribution in [0, 0.1) is 11.3 Å². The van der Waals surface area contributed by atoms with Gasteiger partial charge in [-0.2, -0.15) is 11.8 Å². The molecular formula is C33H52O4S. The van der Waals surface area contributed by atoms with Gasteiger partial charge in [0, 0.05) is 25.9 Å². The maximum absolute atomic E-state index is 11.9. The number of methoxy groups -OCH3 is 1. The zero-order valence-electron chi connectivity index (χ0n) is 24.7. The number of ether oxygens (including phenoxy) is 3. The molecule has 1 atom stereocenters. The molecule has 5 heteroatoms. The minimum atomic E-state index is -0.135. The van der Waals surface area contributed by atoms with E-state index < -0.39 is 0 Å². The summed E-state index contributed by atoms with van der Waals surface area (Å²) in [5.74, 6) is 2.33. The smallest absolute Gasteiger partial charge is 0.306 e. The molecule has 0 N–H and O–H groups in total. The van der Waals surface area contributed by atoms with Gasteiger partial charge in [-0.1, -0.05) is 101 Å². The summed E-state index contributed by atoms with van der Waals surface area (Å²) >= 11 is 1.95. The number of hydrogen-bond donors (Lipinski definition) is 0. The number of hydrogen-bond acceptors (Lipinski definition) is 5. The Balaban J connectivity index is 0.00000103. The third kappa shape index (κ3) is 20.9. The van der Waals surface area contributed by atoms with Crippen molar-refractivity contribution in [2.45, 2.75) is 73.5 Å². The van der Waals surface area contributed by atoms with Crippen LogP contribution in [0.2, 0.25) is 0 Å². The van der Waals surface area contributed by atoms with E-state index in [1.807, 2.05) is 92.3 Å². The Bertz CT molecular complexity index is 808. The molecule has 0 spiro atoms. The van der Waals surface area contributed by atoms with Gasteiger partial charge in [0.2, 0.25) is 0 Å². The first-order valence-corrected chi connectivity index (χ1v) is 15.0. The molecule has 0 bridgehead atoms. The Hall–Kier alpha value is -2.08. The van der Waals surface area contributed by atoms with Gasteiger partial charge in [0.05, 0.1) is 13.2 Å². The fraction of sp³-hybridized carbons (Fsp3) is 0.545. The van der Waals surface area contributed by atoms with Gasteiger partial charge >= 0.3 is 5.97 Å². The third-order valence-corrected chi connectivity index (χ3v) is 6.61. The number of carbonyl (C=O) groups is 1. The monoisotopic (exact) mass is 544 g/mol. The quantitative estimate of drug-likeness (QED) is 0.113. The van der Waals surface area contributed by atoms with Gasteiger partial charge in [0.25, 0.3) is 0 Å². The molecule has 0 aromatic heterocycles. The number of carbonyl (C=O) groups excluding carboxylic acids is 1. The lowest BCUT2D eigenvalue weighted by Crippen LogP contribution is -2.12. The van der Waals surface area contributed by atoms with Gasteiger partial charge in [-0.05, 0) is 47.5 Å². The molecule has 0 heterocycles. The number of allylic oxidation sites excluding steroid dienone is 1. The molecule has 0 aliphatic heterocycles. The number of rotatable bonds is 17. The molecule has 0 saturated carbocycles. The average Bonchev–Trinajstić information content (AvgIpc) is 2.92. The lowest BCUT2D eigenvalue weighted by Gasteiger charge is -2.22. The highest BCUT2D eigenvalue weighted by atomic mass is 32.2. The summed E-state index contributed by atoms with van der Waals surface area (Å²) in [7, 11) is 1.70. The largest absolute Gasteiger partial charge is 0.461 e. The van der Waals surface area contributed by atoms with Crippen LogP contribution in [0.15, 0.2) is 73.3 Å². The summed E-state index contributed by atoms with van der Waals surface area (Å²) < 4.78 is 16.0. The number of benzene rings is 2. The van der Waals surface area contributed by atoms with Crippen molar-refractivity contribution in [3.8, 4) is 0 Å². The predicted octanol–water partition coefficient (Wildman–Crippen LogP) is 8.75. The summed E-state index contributed by atoms with van der Waals surface area (Å²) in [5, 5.41) is 0. The molecule has 0 aliphatic carbocycles. The van der Waals surface area contributed by atoms with Crippen molar-refractivity contribution < 1.29 is 19.0 Å². The molecule has 0 radical (unpaired) electrons. The van der Waals surface area contributed by atoms with Crippen molar-refractivity contribution in [3.63, 3.8) is 0 Å². The Morgan fingerprint density at radius 3 is 2.08 bits per heavy atom. The van der Waals surface area contributed by atoms with Crippen molar-refractivity contribution >= 4 is 17.7 Å². The van der Waals surface area contributed by atoms with Crippen LogP contribution in [0.25, 0.3) is 0 Å². The fourth-order valence-electron chi connectivity index (χ4n) is 3.37. The molecule has 0 amide bonds. The minimum Gasteiger partial charge on any atom is -0.461 e. The fourth-order valence-corrected chi connectivity index (χ4v) is 4.51. The van der Waals surface area contributed by atoms with E-state index in [1.165, 1.54) is 12.0 Å². The first kappa shape index (κ1) is 35.9. The van der Waals surface area contributed by atoms with Crippen LogP contribution >= 0.6 is 11.8 Å². The van der Waals surface area contributed by atoms with Crippen LogP contribution in [0.5, 0.6) is 0 Å². The molecule has 4 nitrogen and oxygen atoms in total. The summed E-state index contributed by atoms with van der Waals surface area (Å²) in [4.78, 5) is 11.9. The zero-order valence-corrected chi connectivity index (χ0v) is 25.6. The van der Waals surface area contributed by atoms with Crippen LogP contribution in [-0.4, -0.2) is 37.8 Å². The molecule has 2 rings (SSSR count). The molecule has 214 valence electrons. The second kappa shape index (κ2) is 24.0. The van der Waals surface area contributed by atoms with E-state index >= 15 is 0 Å². The second-order valence-electron chi connectivity index (χ2n) is 9.79. The molecule has 2 aromatic carbocycles. The predicted molar refractivity (Wildman–Crippen MR) is 164 cm³/mol. The van der Waals surface area contributed by atoms with Gasteiger partial charge in [0.1, 0.15) is 6.61 Å². The van der Waals surface area contributed by atoms with E-state index in [4.69, 9.17) is 14.2 Å². The van der Waals surface area contributed by atoms with E-state index in [2.05, 4.69) is 27.4 Å². The van der Waals surface area contributed by atoms with Crippen LogP contribution in [-0.2, 0) is 32.2 Å². The van der Waals surface area contributed by atoms with Gasteiger partial charge < -0.3 is 14.2 Å². The summed E-state index contributed by atoms with van der Waals surface area (Å²) in [5.41, 5.74) is 2.59. The Morgan fingerprint density at radius 1 is 0.947 bits per heavy atom. The second-order valence-corrected chi connectivity index (χ2v) is 11.0. The molecule has 0 saturated heterocycles. The molecule has 2 aromatic rings. The summed E-state index contributed by atoms with van der Waals surface area (Å²) in [6.45, 7) is 17.0. The lowest BCUT2D eigenvalue weighted by atomic mass is 9.87. The van der Waals surface area contributed by atoms with E-state index in [0.29, 0.717) is 31.7 Å². The highest BCUT2D eigenvalue weighted by Crippen LogP contribution is 2.27. The molecule has 0 aliphatic rings. The first-order valence-electron chi connectivity index (χ1n) is 13.8. The molecule has 1 unspecified atom stereocenters. The first-order chi connectivity index (χ1) is 18.4. The standard InChI is InChI=1S/C23H36O3S.C8H10O.C2H6/c1-5-12-23(3,4)13-16-27-17-15-25-14-11-20(2)18-22(24)26-19-21-9-7-6-8-10-21;1-9-7-8-5-3-2-4-6-8;1-2/h5-10,20H,1,11-19H2,2-4H3;2-6H,7H2,1H3;1-2H3. The summed E-state index contributed by atoms with van der Waals surface area (Å²) in [6, 6.07) is 19.9. The lowest BCUT2D eigenvalue weighted by molar-refractivity contribution is -0.146. The highest BCUT2D eigenvalue weighted by Gasteiger charge is 2.15. The van der Waals surface area contributed by atoms with Crippen molar-refractivity contribution in [2.75, 3.05) is 31.8 Å². The van der Waals surface area contributed by atoms with Crippen molar-refractivity contribution in [1.82, 2.24) is 0 Å². The highest BCUT2D eigenvalue weighted by molar-refractivity contribution is 7.99. The normalized spacial score (nSPS) is 11.3. The van der Waals surface area contributed by atoms with Crippen molar-refractivity contribution in [3.05, 3.63) is 84.4 Å². The SMILES string of the molecule is C=CCC(C)(C)CCSCCOCCC(C)CC(=O)OCc1ccccc1.CC.COCc1ccccc1. The van der Waals surface area contributed by atoms with Crippen LogP contribution < -0.4 is 0 Å². The van der Waals surface area contributed by atoms with Crippen LogP contribution in [0.3, 0.4) is 0 Å². The Morgan fingerprint density at radius 2 is 1.53 bits per heavy atom.